The van der Waals surface area contributed by atoms with Crippen LogP contribution in [0.3, 0.4) is 0 Å². The van der Waals surface area contributed by atoms with Crippen molar-refractivity contribution in [1.29, 1.82) is 0 Å². The predicted octanol–water partition coefficient (Wildman–Crippen LogP) is 2.90. The average Bonchev–Trinajstić information content (AvgIpc) is 2.75. The second kappa shape index (κ2) is 4.78. The van der Waals surface area contributed by atoms with Gasteiger partial charge < -0.3 is 19.7 Å². The molecule has 0 bridgehead atoms. The Hall–Kier alpha value is -1.88. The summed E-state index contributed by atoms with van der Waals surface area (Å²) in [5.41, 5.74) is 7.01. The fourth-order valence-corrected chi connectivity index (χ4v) is 2.18. The Labute approximate surface area is 109 Å². The van der Waals surface area contributed by atoms with Crippen molar-refractivity contribution in [3.05, 3.63) is 22.7 Å². The van der Waals surface area contributed by atoms with Gasteiger partial charge in [0.25, 0.3) is 0 Å². The molecule has 2 N–H and O–H groups in total. The first-order valence-corrected chi connectivity index (χ1v) is 5.60. The maximum absolute atomic E-state index is 6.15. The van der Waals surface area contributed by atoms with E-state index >= 15 is 0 Å². The quantitative estimate of drug-likeness (QED) is 0.927. The summed E-state index contributed by atoms with van der Waals surface area (Å²) in [7, 11) is 3.12. The van der Waals surface area contributed by atoms with E-state index in [1.807, 2.05) is 6.92 Å². The van der Waals surface area contributed by atoms with Gasteiger partial charge >= 0.3 is 0 Å². The highest BCUT2D eigenvalue weighted by Crippen LogP contribution is 2.42. The van der Waals surface area contributed by atoms with Gasteiger partial charge in [-0.05, 0) is 13.0 Å². The van der Waals surface area contributed by atoms with E-state index in [2.05, 4.69) is 5.16 Å². The molecule has 0 spiro atoms. The molecule has 1 aromatic heterocycles. The molecule has 18 heavy (non-hydrogen) atoms. The average molecular weight is 269 g/mol. The van der Waals surface area contributed by atoms with Gasteiger partial charge in [-0.25, -0.2) is 0 Å². The third kappa shape index (κ3) is 1.97. The summed E-state index contributed by atoms with van der Waals surface area (Å²) < 4.78 is 15.7. The number of nitrogen functional groups attached to an aromatic ring is 1. The van der Waals surface area contributed by atoms with Crippen molar-refractivity contribution in [2.75, 3.05) is 20.0 Å². The summed E-state index contributed by atoms with van der Waals surface area (Å²) in [6, 6.07) is 3.31. The summed E-state index contributed by atoms with van der Waals surface area (Å²) in [5.74, 6) is 1.99. The van der Waals surface area contributed by atoms with Gasteiger partial charge in [0.15, 0.2) is 11.6 Å². The van der Waals surface area contributed by atoms with Crippen LogP contribution in [0.2, 0.25) is 5.02 Å². The monoisotopic (exact) mass is 268 g/mol. The zero-order valence-corrected chi connectivity index (χ0v) is 11.0. The van der Waals surface area contributed by atoms with Crippen LogP contribution in [0.25, 0.3) is 11.3 Å². The molecule has 0 saturated heterocycles. The lowest BCUT2D eigenvalue weighted by Gasteiger charge is -2.14. The molecule has 6 heteroatoms. The summed E-state index contributed by atoms with van der Waals surface area (Å²) in [6.07, 6.45) is 0. The standard InChI is InChI=1S/C12H13ClN2O3/c1-6-11(16-2)7(4-8(13)12(6)17-3)9-5-10(14)15-18-9/h4-5H,1-3H3,(H2,14,15). The molecule has 0 unspecified atom stereocenters. The number of anilines is 1. The molecule has 5 nitrogen and oxygen atoms in total. The van der Waals surface area contributed by atoms with Crippen LogP contribution in [0.5, 0.6) is 11.5 Å². The summed E-state index contributed by atoms with van der Waals surface area (Å²) in [6.45, 7) is 1.85. The van der Waals surface area contributed by atoms with E-state index in [1.54, 1.807) is 26.4 Å². The molecule has 0 saturated carbocycles. The van der Waals surface area contributed by atoms with E-state index in [9.17, 15) is 0 Å². The van der Waals surface area contributed by atoms with Crippen molar-refractivity contribution in [3.8, 4) is 22.8 Å². The first-order valence-electron chi connectivity index (χ1n) is 5.22. The van der Waals surface area contributed by atoms with E-state index < -0.39 is 0 Å². The van der Waals surface area contributed by atoms with E-state index in [4.69, 9.17) is 31.3 Å². The van der Waals surface area contributed by atoms with Crippen LogP contribution in [0.4, 0.5) is 5.82 Å². The van der Waals surface area contributed by atoms with E-state index in [0.717, 1.165) is 5.56 Å². The van der Waals surface area contributed by atoms with Gasteiger partial charge in [0, 0.05) is 11.6 Å². The van der Waals surface area contributed by atoms with Crippen LogP contribution >= 0.6 is 11.6 Å². The number of nitrogens with zero attached hydrogens (tertiary/aromatic N) is 1. The lowest BCUT2D eigenvalue weighted by Crippen LogP contribution is -1.96. The van der Waals surface area contributed by atoms with Crippen molar-refractivity contribution in [3.63, 3.8) is 0 Å². The maximum Gasteiger partial charge on any atom is 0.172 e. The number of aromatic nitrogens is 1. The van der Waals surface area contributed by atoms with Crippen molar-refractivity contribution >= 4 is 17.4 Å². The summed E-state index contributed by atoms with van der Waals surface area (Å²) in [4.78, 5) is 0. The van der Waals surface area contributed by atoms with Crippen LogP contribution in [-0.2, 0) is 0 Å². The Morgan fingerprint density at radius 3 is 2.39 bits per heavy atom. The highest BCUT2D eigenvalue weighted by molar-refractivity contribution is 6.32. The van der Waals surface area contributed by atoms with Crippen LogP contribution in [0.1, 0.15) is 5.56 Å². The van der Waals surface area contributed by atoms with Crippen LogP contribution in [0.15, 0.2) is 16.7 Å². The van der Waals surface area contributed by atoms with Gasteiger partial charge in [-0.1, -0.05) is 16.8 Å². The largest absolute Gasteiger partial charge is 0.496 e. The third-order valence-electron chi connectivity index (χ3n) is 2.62. The minimum Gasteiger partial charge on any atom is -0.496 e. The topological polar surface area (TPSA) is 70.5 Å². The van der Waals surface area contributed by atoms with Gasteiger partial charge in [0.2, 0.25) is 0 Å². The van der Waals surface area contributed by atoms with Crippen LogP contribution < -0.4 is 15.2 Å². The van der Waals surface area contributed by atoms with Gasteiger partial charge in [0.1, 0.15) is 11.5 Å². The van der Waals surface area contributed by atoms with E-state index in [0.29, 0.717) is 33.7 Å². The van der Waals surface area contributed by atoms with Crippen molar-refractivity contribution in [2.45, 2.75) is 6.92 Å². The molecule has 0 atom stereocenters. The predicted molar refractivity (Wildman–Crippen MR) is 69.2 cm³/mol. The molecule has 0 fully saturated rings. The maximum atomic E-state index is 6.15. The molecular formula is C12H13ClN2O3. The number of rotatable bonds is 3. The van der Waals surface area contributed by atoms with E-state index in [-0.39, 0.29) is 0 Å². The SMILES string of the molecule is COc1c(Cl)cc(-c2cc(N)no2)c(OC)c1C. The number of benzene rings is 1. The zero-order chi connectivity index (χ0) is 13.3. The minimum atomic E-state index is 0.302. The Balaban J connectivity index is 2.68. The number of hydrogen-bond acceptors (Lipinski definition) is 5. The number of ether oxygens (including phenoxy) is 2. The lowest BCUT2D eigenvalue weighted by atomic mass is 10.1. The first-order chi connectivity index (χ1) is 8.58. The Kier molecular flexibility index (Phi) is 3.34. The summed E-state index contributed by atoms with van der Waals surface area (Å²) in [5, 5.41) is 4.12. The van der Waals surface area contributed by atoms with Crippen molar-refractivity contribution in [1.82, 2.24) is 5.16 Å². The van der Waals surface area contributed by atoms with Crippen LogP contribution in [-0.4, -0.2) is 19.4 Å². The molecule has 0 aliphatic rings. The highest BCUT2D eigenvalue weighted by Gasteiger charge is 2.19. The molecule has 1 aromatic carbocycles. The molecular weight excluding hydrogens is 256 g/mol. The Morgan fingerprint density at radius 1 is 1.22 bits per heavy atom. The van der Waals surface area contributed by atoms with Crippen LogP contribution in [0, 0.1) is 6.92 Å². The van der Waals surface area contributed by atoms with Crippen molar-refractivity contribution < 1.29 is 14.0 Å². The summed E-state index contributed by atoms with van der Waals surface area (Å²) >= 11 is 6.15. The fourth-order valence-electron chi connectivity index (χ4n) is 1.85. The fraction of sp³-hybridized carbons (Fsp3) is 0.250. The molecule has 2 rings (SSSR count). The Bertz CT molecular complexity index is 581. The molecule has 0 amide bonds. The van der Waals surface area contributed by atoms with E-state index in [1.165, 1.54) is 0 Å². The number of hydrogen-bond donors (Lipinski definition) is 1. The normalized spacial score (nSPS) is 10.4. The van der Waals surface area contributed by atoms with Gasteiger partial charge in [0.05, 0.1) is 24.8 Å². The lowest BCUT2D eigenvalue weighted by molar-refractivity contribution is 0.386. The molecule has 0 aliphatic carbocycles. The molecule has 2 aromatic rings. The first kappa shape index (κ1) is 12.6. The third-order valence-corrected chi connectivity index (χ3v) is 2.90. The van der Waals surface area contributed by atoms with Gasteiger partial charge in [-0.3, -0.25) is 0 Å². The minimum absolute atomic E-state index is 0.302. The second-order valence-corrected chi connectivity index (χ2v) is 4.12. The molecule has 0 aliphatic heterocycles. The highest BCUT2D eigenvalue weighted by atomic mass is 35.5. The number of nitrogens with two attached hydrogens (primary N) is 1. The number of methoxy groups -OCH3 is 2. The smallest absolute Gasteiger partial charge is 0.172 e. The Morgan fingerprint density at radius 2 is 1.89 bits per heavy atom. The van der Waals surface area contributed by atoms with Gasteiger partial charge in [-0.15, -0.1) is 0 Å². The van der Waals surface area contributed by atoms with Crippen molar-refractivity contribution in [2.24, 2.45) is 0 Å². The van der Waals surface area contributed by atoms with Gasteiger partial charge in [-0.2, -0.15) is 0 Å². The molecule has 96 valence electrons. The molecule has 0 radical (unpaired) electrons. The number of halogens is 1. The molecule has 1 heterocycles. The zero-order valence-electron chi connectivity index (χ0n) is 10.3. The second-order valence-electron chi connectivity index (χ2n) is 3.71.